The molecule has 0 radical (unpaired) electrons. The van der Waals surface area contributed by atoms with E-state index in [1.807, 2.05) is 75.4 Å². The first-order valence-corrected chi connectivity index (χ1v) is 7.71. The van der Waals surface area contributed by atoms with Gasteiger partial charge in [0.15, 0.2) is 5.82 Å². The Morgan fingerprint density at radius 3 is 2.42 bits per heavy atom. The molecule has 0 aliphatic heterocycles. The van der Waals surface area contributed by atoms with Crippen LogP contribution >= 0.6 is 0 Å². The molecular weight excluding hydrogens is 302 g/mol. The van der Waals surface area contributed by atoms with Gasteiger partial charge in [-0.15, -0.1) is 5.10 Å². The number of anilines is 1. The van der Waals surface area contributed by atoms with E-state index in [0.717, 1.165) is 16.9 Å². The van der Waals surface area contributed by atoms with Crippen LogP contribution in [0.4, 0.5) is 5.69 Å². The molecule has 1 aromatic heterocycles. The number of nitrogens with zero attached hydrogens (tertiary/aromatic N) is 4. The van der Waals surface area contributed by atoms with E-state index in [4.69, 9.17) is 0 Å². The summed E-state index contributed by atoms with van der Waals surface area (Å²) >= 11 is 0. The molecule has 0 aliphatic rings. The molecule has 2 aromatic carbocycles. The molecule has 3 rings (SSSR count). The minimum absolute atomic E-state index is 0.168. The summed E-state index contributed by atoms with van der Waals surface area (Å²) in [6.07, 6.45) is 0. The molecule has 6 nitrogen and oxygen atoms in total. The molecule has 0 spiro atoms. The maximum atomic E-state index is 12.8. The molecule has 0 fully saturated rings. The Morgan fingerprint density at radius 1 is 1.04 bits per heavy atom. The van der Waals surface area contributed by atoms with Crippen molar-refractivity contribution in [3.8, 4) is 5.69 Å². The first kappa shape index (κ1) is 15.9. The van der Waals surface area contributed by atoms with E-state index < -0.39 is 5.41 Å². The van der Waals surface area contributed by atoms with E-state index in [-0.39, 0.29) is 5.91 Å². The van der Waals surface area contributed by atoms with Gasteiger partial charge in [0.25, 0.3) is 0 Å². The van der Waals surface area contributed by atoms with Gasteiger partial charge in [-0.3, -0.25) is 4.79 Å². The molecule has 6 heteroatoms. The van der Waals surface area contributed by atoms with Gasteiger partial charge in [-0.2, -0.15) is 4.68 Å². The zero-order chi connectivity index (χ0) is 17.2. The molecule has 3 aromatic rings. The SMILES string of the molecule is Cc1ccccc1-n1nnnc1C(C)(C)C(=O)Nc1ccccc1. The van der Waals surface area contributed by atoms with Gasteiger partial charge in [-0.05, 0) is 55.0 Å². The lowest BCUT2D eigenvalue weighted by atomic mass is 9.90. The summed E-state index contributed by atoms with van der Waals surface area (Å²) in [7, 11) is 0. The van der Waals surface area contributed by atoms with Crippen LogP contribution in [0.3, 0.4) is 0 Å². The number of rotatable bonds is 4. The summed E-state index contributed by atoms with van der Waals surface area (Å²) in [5.74, 6) is 0.323. The molecule has 1 N–H and O–H groups in total. The highest BCUT2D eigenvalue weighted by molar-refractivity contribution is 5.98. The Bertz CT molecular complexity index is 855. The number of hydrogen-bond donors (Lipinski definition) is 1. The second-order valence-electron chi connectivity index (χ2n) is 6.15. The number of aryl methyl sites for hydroxylation is 1. The molecule has 122 valence electrons. The van der Waals surface area contributed by atoms with Crippen LogP contribution < -0.4 is 5.32 Å². The standard InChI is InChI=1S/C18H19N5O/c1-13-9-7-8-12-15(13)23-16(20-21-22-23)18(2,3)17(24)19-14-10-5-4-6-11-14/h4-12H,1-3H3,(H,19,24). The molecule has 0 unspecified atom stereocenters. The van der Waals surface area contributed by atoms with Crippen LogP contribution in [0.1, 0.15) is 25.2 Å². The van der Waals surface area contributed by atoms with E-state index in [0.29, 0.717) is 5.82 Å². The first-order valence-electron chi connectivity index (χ1n) is 7.71. The predicted molar refractivity (Wildman–Crippen MR) is 92.0 cm³/mol. The zero-order valence-electron chi connectivity index (χ0n) is 13.9. The zero-order valence-corrected chi connectivity index (χ0v) is 13.9. The van der Waals surface area contributed by atoms with Crippen molar-refractivity contribution < 1.29 is 4.79 Å². The molecule has 0 aliphatic carbocycles. The van der Waals surface area contributed by atoms with Gasteiger partial charge in [0.1, 0.15) is 5.41 Å². The average molecular weight is 321 g/mol. The molecule has 1 heterocycles. The maximum Gasteiger partial charge on any atom is 0.237 e. The summed E-state index contributed by atoms with van der Waals surface area (Å²) in [6.45, 7) is 5.61. The number of aromatic nitrogens is 4. The van der Waals surface area contributed by atoms with Crippen molar-refractivity contribution >= 4 is 11.6 Å². The van der Waals surface area contributed by atoms with Crippen LogP contribution in [0.25, 0.3) is 5.69 Å². The summed E-state index contributed by atoms with van der Waals surface area (Å²) in [5.41, 5.74) is 1.73. The fraction of sp³-hybridized carbons (Fsp3) is 0.222. The molecule has 0 saturated heterocycles. The van der Waals surface area contributed by atoms with Gasteiger partial charge in [0.2, 0.25) is 5.91 Å². The third kappa shape index (κ3) is 2.90. The van der Waals surface area contributed by atoms with Gasteiger partial charge in [-0.1, -0.05) is 36.4 Å². The van der Waals surface area contributed by atoms with E-state index in [1.165, 1.54) is 0 Å². The van der Waals surface area contributed by atoms with E-state index in [2.05, 4.69) is 20.8 Å². The van der Waals surface area contributed by atoms with E-state index in [1.54, 1.807) is 4.68 Å². The number of tetrazole rings is 1. The highest BCUT2D eigenvalue weighted by Gasteiger charge is 2.36. The number of nitrogens with one attached hydrogen (secondary N) is 1. The Morgan fingerprint density at radius 2 is 1.71 bits per heavy atom. The van der Waals surface area contributed by atoms with Crippen LogP contribution in [-0.2, 0) is 10.2 Å². The van der Waals surface area contributed by atoms with Crippen LogP contribution in [0.2, 0.25) is 0 Å². The summed E-state index contributed by atoms with van der Waals surface area (Å²) in [5, 5.41) is 14.9. The summed E-state index contributed by atoms with van der Waals surface area (Å²) < 4.78 is 1.62. The number of para-hydroxylation sites is 2. The molecule has 1 amide bonds. The topological polar surface area (TPSA) is 72.7 Å². The normalized spacial score (nSPS) is 11.3. The van der Waals surface area contributed by atoms with E-state index >= 15 is 0 Å². The molecule has 24 heavy (non-hydrogen) atoms. The fourth-order valence-electron chi connectivity index (χ4n) is 2.45. The van der Waals surface area contributed by atoms with Gasteiger partial charge in [0.05, 0.1) is 5.69 Å². The van der Waals surface area contributed by atoms with Crippen molar-refractivity contribution in [2.45, 2.75) is 26.2 Å². The van der Waals surface area contributed by atoms with Crippen LogP contribution in [0.15, 0.2) is 54.6 Å². The largest absolute Gasteiger partial charge is 0.325 e. The number of carbonyl (C=O) groups excluding carboxylic acids is 1. The minimum Gasteiger partial charge on any atom is -0.325 e. The van der Waals surface area contributed by atoms with Crippen molar-refractivity contribution in [3.63, 3.8) is 0 Å². The van der Waals surface area contributed by atoms with Gasteiger partial charge >= 0.3 is 0 Å². The lowest BCUT2D eigenvalue weighted by Crippen LogP contribution is -2.37. The van der Waals surface area contributed by atoms with Crippen LogP contribution in [0, 0.1) is 6.92 Å². The Labute approximate surface area is 140 Å². The Balaban J connectivity index is 1.95. The average Bonchev–Trinajstić information content (AvgIpc) is 3.06. The second kappa shape index (κ2) is 6.23. The van der Waals surface area contributed by atoms with Crippen molar-refractivity contribution in [2.24, 2.45) is 0 Å². The van der Waals surface area contributed by atoms with Crippen molar-refractivity contribution in [3.05, 3.63) is 66.0 Å². The lowest BCUT2D eigenvalue weighted by Gasteiger charge is -2.23. The van der Waals surface area contributed by atoms with Crippen molar-refractivity contribution in [2.75, 3.05) is 5.32 Å². The van der Waals surface area contributed by atoms with Crippen LogP contribution in [-0.4, -0.2) is 26.1 Å². The monoisotopic (exact) mass is 321 g/mol. The predicted octanol–water partition coefficient (Wildman–Crippen LogP) is 2.89. The highest BCUT2D eigenvalue weighted by Crippen LogP contribution is 2.25. The van der Waals surface area contributed by atoms with Gasteiger partial charge < -0.3 is 5.32 Å². The van der Waals surface area contributed by atoms with Crippen LogP contribution in [0.5, 0.6) is 0 Å². The van der Waals surface area contributed by atoms with E-state index in [9.17, 15) is 4.79 Å². The summed E-state index contributed by atoms with van der Waals surface area (Å²) in [6, 6.07) is 17.1. The van der Waals surface area contributed by atoms with Gasteiger partial charge in [0, 0.05) is 5.69 Å². The highest BCUT2D eigenvalue weighted by atomic mass is 16.2. The number of amides is 1. The van der Waals surface area contributed by atoms with Crippen molar-refractivity contribution in [1.82, 2.24) is 20.2 Å². The second-order valence-corrected chi connectivity index (χ2v) is 6.15. The quantitative estimate of drug-likeness (QED) is 0.802. The minimum atomic E-state index is -0.901. The molecule has 0 saturated carbocycles. The summed E-state index contributed by atoms with van der Waals surface area (Å²) in [4.78, 5) is 12.8. The molecule has 0 atom stereocenters. The number of hydrogen-bond acceptors (Lipinski definition) is 4. The first-order chi connectivity index (χ1) is 11.5. The lowest BCUT2D eigenvalue weighted by molar-refractivity contribution is -0.120. The number of carbonyl (C=O) groups is 1. The maximum absolute atomic E-state index is 12.8. The smallest absolute Gasteiger partial charge is 0.237 e. The molecule has 0 bridgehead atoms. The third-order valence-electron chi connectivity index (χ3n) is 3.97. The van der Waals surface area contributed by atoms with Gasteiger partial charge in [-0.25, -0.2) is 0 Å². The van der Waals surface area contributed by atoms with Crippen molar-refractivity contribution in [1.29, 1.82) is 0 Å². The molecular formula is C18H19N5O. The number of benzene rings is 2. The Kier molecular flexibility index (Phi) is 4.12. The fourth-order valence-corrected chi connectivity index (χ4v) is 2.45. The Hall–Kier alpha value is -3.02. The third-order valence-corrected chi connectivity index (χ3v) is 3.97.